The molecule has 0 fully saturated rings. The summed E-state index contributed by atoms with van der Waals surface area (Å²) in [5.74, 6) is -1.20. The minimum atomic E-state index is -2.10. The standard InChI is InChI=1S/C28H22N2O6/c1-36-26-14-13-19(15-24(26)30(34)35)25(31)16-28(33)22-11-4-5-12-23(22)29(27(28)32)17-20-9-6-8-18-7-2-3-10-21(18)20/h2-15,33H,16-17H2,1H3/t28-/m1/s1. The van der Waals surface area contributed by atoms with E-state index in [2.05, 4.69) is 0 Å². The molecule has 1 aliphatic rings. The first-order valence-corrected chi connectivity index (χ1v) is 11.3. The largest absolute Gasteiger partial charge is 0.490 e. The van der Waals surface area contributed by atoms with E-state index in [1.807, 2.05) is 42.5 Å². The fourth-order valence-corrected chi connectivity index (χ4v) is 4.78. The second-order valence-electron chi connectivity index (χ2n) is 8.65. The zero-order valence-corrected chi connectivity index (χ0v) is 19.4. The van der Waals surface area contributed by atoms with Crippen LogP contribution >= 0.6 is 0 Å². The molecule has 4 aromatic carbocycles. The van der Waals surface area contributed by atoms with Gasteiger partial charge >= 0.3 is 5.69 Å². The van der Waals surface area contributed by atoms with Gasteiger partial charge in [-0.2, -0.15) is 0 Å². The molecule has 0 saturated heterocycles. The number of ketones is 1. The van der Waals surface area contributed by atoms with Crippen molar-refractivity contribution >= 4 is 33.8 Å². The number of aliphatic hydroxyl groups is 1. The van der Waals surface area contributed by atoms with Gasteiger partial charge in [0.25, 0.3) is 5.91 Å². The maximum absolute atomic E-state index is 13.7. The van der Waals surface area contributed by atoms with Crippen LogP contribution in [0.2, 0.25) is 0 Å². The smallest absolute Gasteiger partial charge is 0.311 e. The number of fused-ring (bicyclic) bond motifs is 2. The first kappa shape index (κ1) is 23.2. The Morgan fingerprint density at radius 1 is 1.03 bits per heavy atom. The van der Waals surface area contributed by atoms with Crippen LogP contribution in [0.3, 0.4) is 0 Å². The summed E-state index contributed by atoms with van der Waals surface area (Å²) in [6.07, 6.45) is -0.557. The topological polar surface area (TPSA) is 110 Å². The van der Waals surface area contributed by atoms with Crippen molar-refractivity contribution in [1.82, 2.24) is 0 Å². The van der Waals surface area contributed by atoms with Crippen molar-refractivity contribution in [2.75, 3.05) is 12.0 Å². The summed E-state index contributed by atoms with van der Waals surface area (Å²) in [7, 11) is 1.30. The van der Waals surface area contributed by atoms with Gasteiger partial charge in [0.05, 0.1) is 30.7 Å². The molecule has 0 saturated carbocycles. The lowest BCUT2D eigenvalue weighted by Gasteiger charge is -2.23. The monoisotopic (exact) mass is 482 g/mol. The predicted molar refractivity (Wildman–Crippen MR) is 134 cm³/mol. The summed E-state index contributed by atoms with van der Waals surface area (Å²) in [6.45, 7) is 0.210. The highest BCUT2D eigenvalue weighted by Gasteiger charge is 2.50. The number of nitro groups is 1. The van der Waals surface area contributed by atoms with Crippen LogP contribution in [0.1, 0.15) is 27.9 Å². The van der Waals surface area contributed by atoms with E-state index in [9.17, 15) is 24.8 Å². The van der Waals surface area contributed by atoms with E-state index in [0.29, 0.717) is 11.3 Å². The van der Waals surface area contributed by atoms with Crippen molar-refractivity contribution in [3.05, 3.63) is 112 Å². The molecule has 1 aliphatic heterocycles. The number of methoxy groups -OCH3 is 1. The first-order chi connectivity index (χ1) is 17.3. The average Bonchev–Trinajstić information content (AvgIpc) is 3.10. The van der Waals surface area contributed by atoms with Gasteiger partial charge in [-0.1, -0.05) is 60.7 Å². The molecule has 1 atom stereocenters. The molecule has 0 unspecified atom stereocenters. The molecule has 36 heavy (non-hydrogen) atoms. The van der Waals surface area contributed by atoms with E-state index < -0.39 is 28.6 Å². The third-order valence-corrected chi connectivity index (χ3v) is 6.56. The Balaban J connectivity index is 1.50. The molecular weight excluding hydrogens is 460 g/mol. The van der Waals surface area contributed by atoms with Crippen molar-refractivity contribution in [2.24, 2.45) is 0 Å². The zero-order valence-electron chi connectivity index (χ0n) is 19.4. The number of ether oxygens (including phenoxy) is 1. The Labute approximate surface area is 206 Å². The molecular formula is C28H22N2O6. The molecule has 0 bridgehead atoms. The van der Waals surface area contributed by atoms with E-state index in [4.69, 9.17) is 4.74 Å². The Hall–Kier alpha value is -4.56. The highest BCUT2D eigenvalue weighted by atomic mass is 16.6. The van der Waals surface area contributed by atoms with Crippen LogP contribution in [0, 0.1) is 10.1 Å². The van der Waals surface area contributed by atoms with Crippen LogP contribution in [0.4, 0.5) is 11.4 Å². The van der Waals surface area contributed by atoms with Gasteiger partial charge in [0, 0.05) is 17.2 Å². The summed E-state index contributed by atoms with van der Waals surface area (Å²) in [4.78, 5) is 39.1. The molecule has 1 heterocycles. The summed E-state index contributed by atoms with van der Waals surface area (Å²) in [5, 5.41) is 25.0. The summed E-state index contributed by atoms with van der Waals surface area (Å²) in [6, 6.07) is 24.3. The third kappa shape index (κ3) is 3.77. The van der Waals surface area contributed by atoms with Crippen LogP contribution in [0.25, 0.3) is 10.8 Å². The Bertz CT molecular complexity index is 1530. The quantitative estimate of drug-likeness (QED) is 0.231. The zero-order chi connectivity index (χ0) is 25.4. The third-order valence-electron chi connectivity index (χ3n) is 6.56. The number of nitro benzene ring substituents is 1. The minimum absolute atomic E-state index is 0.00806. The molecule has 0 spiro atoms. The van der Waals surface area contributed by atoms with E-state index in [1.165, 1.54) is 24.1 Å². The van der Waals surface area contributed by atoms with E-state index in [0.717, 1.165) is 22.4 Å². The second kappa shape index (κ2) is 8.90. The Morgan fingerprint density at radius 3 is 2.53 bits per heavy atom. The van der Waals surface area contributed by atoms with E-state index in [-0.39, 0.29) is 23.5 Å². The number of benzene rings is 4. The predicted octanol–water partition coefficient (Wildman–Crippen LogP) is 4.76. The molecule has 4 aromatic rings. The molecule has 8 heteroatoms. The van der Waals surface area contributed by atoms with Crippen LogP contribution < -0.4 is 9.64 Å². The molecule has 0 radical (unpaired) electrons. The van der Waals surface area contributed by atoms with Gasteiger partial charge in [0.15, 0.2) is 17.1 Å². The highest BCUT2D eigenvalue weighted by molar-refractivity contribution is 6.11. The molecule has 8 nitrogen and oxygen atoms in total. The van der Waals surface area contributed by atoms with Crippen molar-refractivity contribution in [2.45, 2.75) is 18.6 Å². The van der Waals surface area contributed by atoms with E-state index >= 15 is 0 Å². The number of rotatable bonds is 7. The summed E-state index contributed by atoms with van der Waals surface area (Å²) in [5.41, 5.74) is -0.720. The Kier molecular flexibility index (Phi) is 5.74. The average molecular weight is 482 g/mol. The normalized spacial score (nSPS) is 16.7. The number of Topliss-reactive ketones (excluding diaryl/α,β-unsaturated/α-hetero) is 1. The van der Waals surface area contributed by atoms with Crippen molar-refractivity contribution in [3.63, 3.8) is 0 Å². The summed E-state index contributed by atoms with van der Waals surface area (Å²) >= 11 is 0. The molecule has 5 rings (SSSR count). The van der Waals surface area contributed by atoms with Gasteiger partial charge in [0.2, 0.25) is 0 Å². The fourth-order valence-electron chi connectivity index (χ4n) is 4.78. The van der Waals surface area contributed by atoms with Gasteiger partial charge < -0.3 is 14.7 Å². The molecule has 180 valence electrons. The van der Waals surface area contributed by atoms with Gasteiger partial charge in [-0.3, -0.25) is 19.7 Å². The van der Waals surface area contributed by atoms with Crippen molar-refractivity contribution in [3.8, 4) is 5.75 Å². The lowest BCUT2D eigenvalue weighted by atomic mass is 9.88. The van der Waals surface area contributed by atoms with Crippen molar-refractivity contribution in [1.29, 1.82) is 0 Å². The van der Waals surface area contributed by atoms with Gasteiger partial charge in [-0.05, 0) is 34.5 Å². The number of nitrogens with zero attached hydrogens (tertiary/aromatic N) is 2. The van der Waals surface area contributed by atoms with Gasteiger partial charge in [0.1, 0.15) is 0 Å². The number of hydrogen-bond donors (Lipinski definition) is 1. The second-order valence-corrected chi connectivity index (χ2v) is 8.65. The maximum Gasteiger partial charge on any atom is 0.311 e. The molecule has 0 aromatic heterocycles. The molecule has 1 N–H and O–H groups in total. The molecule has 0 aliphatic carbocycles. The van der Waals surface area contributed by atoms with Crippen LogP contribution in [-0.4, -0.2) is 28.8 Å². The number of hydrogen-bond acceptors (Lipinski definition) is 6. The van der Waals surface area contributed by atoms with Crippen LogP contribution in [0.5, 0.6) is 5.75 Å². The van der Waals surface area contributed by atoms with Gasteiger partial charge in [-0.15, -0.1) is 0 Å². The number of para-hydroxylation sites is 1. The number of anilines is 1. The maximum atomic E-state index is 13.7. The first-order valence-electron chi connectivity index (χ1n) is 11.3. The van der Waals surface area contributed by atoms with Crippen LogP contribution in [-0.2, 0) is 16.9 Å². The highest BCUT2D eigenvalue weighted by Crippen LogP contribution is 2.44. The SMILES string of the molecule is COc1ccc(C(=O)C[C@]2(O)C(=O)N(Cc3cccc4ccccc34)c3ccccc32)cc1[N+](=O)[O-]. The molecule has 1 amide bonds. The summed E-state index contributed by atoms with van der Waals surface area (Å²) < 4.78 is 5.00. The fraction of sp³-hybridized carbons (Fsp3) is 0.143. The number of amides is 1. The lowest BCUT2D eigenvalue weighted by Crippen LogP contribution is -2.41. The number of carbonyl (C=O) groups is 2. The Morgan fingerprint density at radius 2 is 1.75 bits per heavy atom. The van der Waals surface area contributed by atoms with Crippen LogP contribution in [0.15, 0.2) is 84.9 Å². The van der Waals surface area contributed by atoms with E-state index in [1.54, 1.807) is 24.3 Å². The minimum Gasteiger partial charge on any atom is -0.490 e. The number of carbonyl (C=O) groups excluding carboxylic acids is 2. The lowest BCUT2D eigenvalue weighted by molar-refractivity contribution is -0.385. The van der Waals surface area contributed by atoms with Crippen molar-refractivity contribution < 1.29 is 24.4 Å². The van der Waals surface area contributed by atoms with Gasteiger partial charge in [-0.25, -0.2) is 0 Å².